The molecule has 0 bridgehead atoms. The predicted octanol–water partition coefficient (Wildman–Crippen LogP) is 5.02. The number of nitrogens with one attached hydrogen (secondary N) is 2. The summed E-state index contributed by atoms with van der Waals surface area (Å²) < 4.78 is 0. The van der Waals surface area contributed by atoms with E-state index in [1.807, 2.05) is 36.5 Å². The first-order chi connectivity index (χ1) is 14.6. The fourth-order valence-corrected chi connectivity index (χ4v) is 4.79. The second-order valence-corrected chi connectivity index (χ2v) is 8.67. The summed E-state index contributed by atoms with van der Waals surface area (Å²) in [6, 6.07) is 13.5. The molecule has 1 aliphatic heterocycles. The van der Waals surface area contributed by atoms with Crippen molar-refractivity contribution in [3.8, 4) is 0 Å². The van der Waals surface area contributed by atoms with Crippen LogP contribution in [0.4, 0.5) is 4.79 Å². The quantitative estimate of drug-likeness (QED) is 0.515. The number of aliphatic hydroxyl groups is 1. The minimum Gasteiger partial charge on any atom is -0.396 e. The van der Waals surface area contributed by atoms with Crippen LogP contribution in [-0.4, -0.2) is 47.3 Å². The maximum Gasteiger partial charge on any atom is 0.317 e. The summed E-state index contributed by atoms with van der Waals surface area (Å²) in [5, 5.41) is 14.8. The molecule has 30 heavy (non-hydrogen) atoms. The number of fused-ring (bicyclic) bond motifs is 1. The Balaban J connectivity index is 1.60. The van der Waals surface area contributed by atoms with Gasteiger partial charge in [0.15, 0.2) is 0 Å². The number of aromatic amines is 1. The number of H-pyrrole nitrogens is 1. The van der Waals surface area contributed by atoms with Crippen molar-refractivity contribution in [1.82, 2.24) is 15.2 Å². The average Bonchev–Trinajstić information content (AvgIpc) is 3.19. The van der Waals surface area contributed by atoms with Gasteiger partial charge in [-0.3, -0.25) is 0 Å². The number of nitrogens with zero attached hydrogens (tertiary/aromatic N) is 1. The number of hydrogen-bond donors (Lipinski definition) is 3. The van der Waals surface area contributed by atoms with Crippen molar-refractivity contribution in [2.24, 2.45) is 5.92 Å². The van der Waals surface area contributed by atoms with E-state index >= 15 is 0 Å². The lowest BCUT2D eigenvalue weighted by Crippen LogP contribution is -2.47. The van der Waals surface area contributed by atoms with Crippen LogP contribution in [0.5, 0.6) is 0 Å². The first kappa shape index (κ1) is 21.0. The Hall–Kier alpha value is -2.21. The molecule has 2 amide bonds. The van der Waals surface area contributed by atoms with Crippen molar-refractivity contribution < 1.29 is 9.90 Å². The molecule has 2 atom stereocenters. The highest BCUT2D eigenvalue weighted by Crippen LogP contribution is 2.35. The van der Waals surface area contributed by atoms with Gasteiger partial charge < -0.3 is 20.3 Å². The maximum atomic E-state index is 12.8. The summed E-state index contributed by atoms with van der Waals surface area (Å²) in [6.45, 7) is 1.81. The van der Waals surface area contributed by atoms with Crippen LogP contribution in [0.15, 0.2) is 48.7 Å². The Labute approximate surface area is 186 Å². The van der Waals surface area contributed by atoms with Crippen molar-refractivity contribution in [2.75, 3.05) is 26.2 Å². The molecular formula is C23H25Cl2N3O2. The van der Waals surface area contributed by atoms with Gasteiger partial charge in [0.05, 0.1) is 0 Å². The highest BCUT2D eigenvalue weighted by molar-refractivity contribution is 6.35. The summed E-state index contributed by atoms with van der Waals surface area (Å²) >= 11 is 12.7. The van der Waals surface area contributed by atoms with Gasteiger partial charge in [0, 0.05) is 59.3 Å². The molecule has 1 fully saturated rings. The minimum atomic E-state index is -0.131. The predicted molar refractivity (Wildman–Crippen MR) is 121 cm³/mol. The monoisotopic (exact) mass is 445 g/mol. The number of carbonyl (C=O) groups excluding carboxylic acids is 1. The largest absolute Gasteiger partial charge is 0.396 e. The second kappa shape index (κ2) is 9.29. The van der Waals surface area contributed by atoms with E-state index in [1.54, 1.807) is 11.0 Å². The fourth-order valence-electron chi connectivity index (χ4n) is 4.25. The number of likely N-dealkylation sites (tertiary alicyclic amines) is 1. The third-order valence-corrected chi connectivity index (χ3v) is 6.42. The number of amides is 2. The second-order valence-electron chi connectivity index (χ2n) is 7.83. The molecule has 1 aliphatic rings. The van der Waals surface area contributed by atoms with Gasteiger partial charge in [-0.05, 0) is 48.1 Å². The van der Waals surface area contributed by atoms with Gasteiger partial charge in [0.25, 0.3) is 0 Å². The maximum absolute atomic E-state index is 12.8. The molecule has 158 valence electrons. The number of para-hydroxylation sites is 1. The zero-order valence-electron chi connectivity index (χ0n) is 16.6. The van der Waals surface area contributed by atoms with E-state index < -0.39 is 0 Å². The van der Waals surface area contributed by atoms with Gasteiger partial charge >= 0.3 is 6.03 Å². The molecular weight excluding hydrogens is 421 g/mol. The van der Waals surface area contributed by atoms with Crippen molar-refractivity contribution >= 4 is 40.1 Å². The third-order valence-electron chi connectivity index (χ3n) is 5.86. The van der Waals surface area contributed by atoms with Crippen molar-refractivity contribution in [3.05, 3.63) is 69.8 Å². The Kier molecular flexibility index (Phi) is 6.52. The average molecular weight is 446 g/mol. The summed E-state index contributed by atoms with van der Waals surface area (Å²) in [5.41, 5.74) is 3.02. The summed E-state index contributed by atoms with van der Waals surface area (Å²) in [6.07, 6.45) is 3.85. The van der Waals surface area contributed by atoms with Crippen molar-refractivity contribution in [3.63, 3.8) is 0 Å². The third kappa shape index (κ3) is 4.43. The molecule has 0 saturated carbocycles. The van der Waals surface area contributed by atoms with E-state index in [-0.39, 0.29) is 24.5 Å². The Bertz CT molecular complexity index is 1040. The van der Waals surface area contributed by atoms with Crippen LogP contribution in [0.2, 0.25) is 10.0 Å². The molecule has 0 aliphatic carbocycles. The molecule has 0 radical (unpaired) electrons. The standard InChI is InChI=1S/C23H25Cl2N3O2/c24-16-7-8-17(21(25)10-16)19(20-11-26-22-6-2-1-5-18(20)22)12-27-23(30)28-9-3-4-15(13-28)14-29/h1-2,5-8,10-11,15,19,26,29H,3-4,9,12-14H2,(H,27,30). The van der Waals surface area contributed by atoms with Crippen LogP contribution in [0.25, 0.3) is 10.9 Å². The van der Waals surface area contributed by atoms with Crippen molar-refractivity contribution in [1.29, 1.82) is 0 Å². The number of halogens is 2. The first-order valence-corrected chi connectivity index (χ1v) is 11.0. The topological polar surface area (TPSA) is 68.4 Å². The van der Waals surface area contributed by atoms with Gasteiger partial charge in [0.2, 0.25) is 0 Å². The van der Waals surface area contributed by atoms with Gasteiger partial charge in [-0.1, -0.05) is 47.5 Å². The highest BCUT2D eigenvalue weighted by atomic mass is 35.5. The number of rotatable bonds is 5. The van der Waals surface area contributed by atoms with E-state index in [4.69, 9.17) is 23.2 Å². The number of urea groups is 1. The molecule has 5 nitrogen and oxygen atoms in total. The zero-order valence-corrected chi connectivity index (χ0v) is 18.1. The lowest BCUT2D eigenvalue weighted by atomic mass is 9.90. The Morgan fingerprint density at radius 1 is 1.23 bits per heavy atom. The number of hydrogen-bond acceptors (Lipinski definition) is 2. The molecule has 2 heterocycles. The molecule has 0 spiro atoms. The van der Waals surface area contributed by atoms with E-state index in [0.29, 0.717) is 29.7 Å². The molecule has 4 rings (SSSR count). The summed E-state index contributed by atoms with van der Waals surface area (Å²) in [5.74, 6) is 0.0212. The number of aliphatic hydroxyl groups excluding tert-OH is 1. The fraction of sp³-hybridized carbons (Fsp3) is 0.348. The van der Waals surface area contributed by atoms with E-state index in [1.165, 1.54) is 0 Å². The van der Waals surface area contributed by atoms with Crippen LogP contribution in [-0.2, 0) is 0 Å². The molecule has 1 saturated heterocycles. The molecule has 2 unspecified atom stereocenters. The Morgan fingerprint density at radius 2 is 2.07 bits per heavy atom. The SMILES string of the molecule is O=C(NCC(c1ccc(Cl)cc1Cl)c1c[nH]c2ccccc12)N1CCCC(CO)C1. The van der Waals surface area contributed by atoms with Gasteiger partial charge in [0.1, 0.15) is 0 Å². The van der Waals surface area contributed by atoms with Crippen LogP contribution in [0.3, 0.4) is 0 Å². The normalized spacial score (nSPS) is 17.8. The van der Waals surface area contributed by atoms with Gasteiger partial charge in [-0.25, -0.2) is 4.79 Å². The lowest BCUT2D eigenvalue weighted by molar-refractivity contribution is 0.129. The smallest absolute Gasteiger partial charge is 0.317 e. The van der Waals surface area contributed by atoms with Crippen LogP contribution in [0, 0.1) is 5.92 Å². The van der Waals surface area contributed by atoms with Crippen LogP contribution < -0.4 is 5.32 Å². The summed E-state index contributed by atoms with van der Waals surface area (Å²) in [7, 11) is 0. The van der Waals surface area contributed by atoms with E-state index in [9.17, 15) is 9.90 Å². The zero-order chi connectivity index (χ0) is 21.1. The van der Waals surface area contributed by atoms with Gasteiger partial charge in [-0.15, -0.1) is 0 Å². The van der Waals surface area contributed by atoms with E-state index in [2.05, 4.69) is 16.4 Å². The molecule has 2 aromatic carbocycles. The highest BCUT2D eigenvalue weighted by Gasteiger charge is 2.26. The number of piperidine rings is 1. The number of benzene rings is 2. The Morgan fingerprint density at radius 3 is 2.87 bits per heavy atom. The van der Waals surface area contributed by atoms with Crippen molar-refractivity contribution in [2.45, 2.75) is 18.8 Å². The minimum absolute atomic E-state index is 0.108. The van der Waals surface area contributed by atoms with Crippen LogP contribution in [0.1, 0.15) is 29.9 Å². The molecule has 1 aromatic heterocycles. The first-order valence-electron chi connectivity index (χ1n) is 10.2. The lowest BCUT2D eigenvalue weighted by Gasteiger charge is -2.32. The van der Waals surface area contributed by atoms with E-state index in [0.717, 1.165) is 34.9 Å². The van der Waals surface area contributed by atoms with Gasteiger partial charge in [-0.2, -0.15) is 0 Å². The van der Waals surface area contributed by atoms with Crippen LogP contribution >= 0.6 is 23.2 Å². The number of aromatic nitrogens is 1. The molecule has 7 heteroatoms. The summed E-state index contributed by atoms with van der Waals surface area (Å²) in [4.78, 5) is 17.9. The molecule has 3 N–H and O–H groups in total. The number of carbonyl (C=O) groups is 1. The molecule has 3 aromatic rings.